The van der Waals surface area contributed by atoms with Crippen molar-refractivity contribution in [3.05, 3.63) is 36.3 Å². The van der Waals surface area contributed by atoms with Gasteiger partial charge in [0.1, 0.15) is 5.82 Å². The molecule has 1 aromatic heterocycles. The molecule has 0 N–H and O–H groups in total. The molecule has 21 heavy (non-hydrogen) atoms. The molecule has 1 heterocycles. The van der Waals surface area contributed by atoms with Crippen molar-refractivity contribution in [3.8, 4) is 0 Å². The van der Waals surface area contributed by atoms with Crippen molar-refractivity contribution in [1.82, 2.24) is 9.55 Å². The molecular formula is C14H20N4O2S. The second kappa shape index (κ2) is 5.40. The van der Waals surface area contributed by atoms with Crippen molar-refractivity contribution in [2.45, 2.75) is 11.9 Å². The van der Waals surface area contributed by atoms with Gasteiger partial charge in [0.25, 0.3) is 10.0 Å². The first-order valence-corrected chi connectivity index (χ1v) is 7.94. The van der Waals surface area contributed by atoms with Crippen LogP contribution in [0.15, 0.2) is 35.5 Å². The van der Waals surface area contributed by atoms with Crippen molar-refractivity contribution in [3.63, 3.8) is 0 Å². The maximum atomic E-state index is 12.7. The van der Waals surface area contributed by atoms with Gasteiger partial charge in [-0.05, 0) is 19.1 Å². The first-order valence-electron chi connectivity index (χ1n) is 6.50. The van der Waals surface area contributed by atoms with Crippen molar-refractivity contribution in [2.75, 3.05) is 30.3 Å². The van der Waals surface area contributed by atoms with E-state index in [-0.39, 0.29) is 5.03 Å². The zero-order chi connectivity index (χ0) is 15.8. The molecule has 0 saturated carbocycles. The summed E-state index contributed by atoms with van der Waals surface area (Å²) in [6.07, 6.45) is 1.53. The van der Waals surface area contributed by atoms with Crippen molar-refractivity contribution < 1.29 is 8.42 Å². The van der Waals surface area contributed by atoms with Crippen LogP contribution >= 0.6 is 0 Å². The summed E-state index contributed by atoms with van der Waals surface area (Å²) in [4.78, 5) is 6.00. The number of para-hydroxylation sites is 2. The Hall–Kier alpha value is -2.02. The van der Waals surface area contributed by atoms with Gasteiger partial charge in [-0.15, -0.1) is 0 Å². The van der Waals surface area contributed by atoms with Crippen LogP contribution in [0.3, 0.4) is 0 Å². The topological polar surface area (TPSA) is 58.4 Å². The van der Waals surface area contributed by atoms with Gasteiger partial charge < -0.3 is 9.47 Å². The molecule has 0 saturated heterocycles. The van der Waals surface area contributed by atoms with Gasteiger partial charge in [0.15, 0.2) is 5.03 Å². The Morgan fingerprint density at radius 3 is 2.14 bits per heavy atom. The zero-order valence-corrected chi connectivity index (χ0v) is 13.7. The Morgan fingerprint density at radius 1 is 1.10 bits per heavy atom. The van der Waals surface area contributed by atoms with Crippen LogP contribution in [0.25, 0.3) is 0 Å². The normalized spacial score (nSPS) is 11.5. The molecule has 0 unspecified atom stereocenters. The molecule has 6 nitrogen and oxygen atoms in total. The number of imidazole rings is 1. The summed E-state index contributed by atoms with van der Waals surface area (Å²) in [6.45, 7) is 1.77. The summed E-state index contributed by atoms with van der Waals surface area (Å²) >= 11 is 0. The fraction of sp³-hybridized carbons (Fsp3) is 0.357. The van der Waals surface area contributed by atoms with Crippen LogP contribution in [0.1, 0.15) is 5.82 Å². The number of hydrogen-bond acceptors (Lipinski definition) is 4. The second-order valence-corrected chi connectivity index (χ2v) is 7.01. The fourth-order valence-corrected chi connectivity index (χ4v) is 3.26. The molecule has 2 aromatic rings. The average molecular weight is 308 g/mol. The van der Waals surface area contributed by atoms with Crippen molar-refractivity contribution >= 4 is 21.4 Å². The lowest BCUT2D eigenvalue weighted by Crippen LogP contribution is -2.28. The predicted octanol–water partition coefficient (Wildman–Crippen LogP) is 1.62. The molecular weight excluding hydrogens is 288 g/mol. The third-order valence-corrected chi connectivity index (χ3v) is 5.06. The highest BCUT2D eigenvalue weighted by Crippen LogP contribution is 2.30. The maximum absolute atomic E-state index is 12.7. The van der Waals surface area contributed by atoms with E-state index in [1.165, 1.54) is 10.5 Å². The van der Waals surface area contributed by atoms with E-state index in [0.717, 1.165) is 5.69 Å². The van der Waals surface area contributed by atoms with Gasteiger partial charge in [0.05, 0.1) is 11.4 Å². The monoisotopic (exact) mass is 308 g/mol. The number of anilines is 2. The zero-order valence-electron chi connectivity index (χ0n) is 12.9. The van der Waals surface area contributed by atoms with E-state index in [9.17, 15) is 8.42 Å². The van der Waals surface area contributed by atoms with E-state index in [1.54, 1.807) is 31.7 Å². The van der Waals surface area contributed by atoms with E-state index < -0.39 is 10.0 Å². The highest BCUT2D eigenvalue weighted by molar-refractivity contribution is 7.92. The molecule has 0 radical (unpaired) electrons. The lowest BCUT2D eigenvalue weighted by atomic mass is 10.2. The Kier molecular flexibility index (Phi) is 3.95. The van der Waals surface area contributed by atoms with Crippen molar-refractivity contribution in [2.24, 2.45) is 7.05 Å². The number of rotatable bonds is 4. The quantitative estimate of drug-likeness (QED) is 0.861. The highest BCUT2D eigenvalue weighted by atomic mass is 32.2. The predicted molar refractivity (Wildman–Crippen MR) is 84.3 cm³/mol. The number of sulfonamides is 1. The number of aryl methyl sites for hydroxylation is 2. The van der Waals surface area contributed by atoms with E-state index in [0.29, 0.717) is 11.5 Å². The number of benzene rings is 1. The molecule has 7 heteroatoms. The molecule has 0 aliphatic rings. The van der Waals surface area contributed by atoms with E-state index in [4.69, 9.17) is 0 Å². The van der Waals surface area contributed by atoms with Crippen LogP contribution in [-0.2, 0) is 17.1 Å². The van der Waals surface area contributed by atoms with Gasteiger partial charge in [-0.2, -0.15) is 8.42 Å². The lowest BCUT2D eigenvalue weighted by Gasteiger charge is -2.24. The van der Waals surface area contributed by atoms with Gasteiger partial charge >= 0.3 is 0 Å². The minimum Gasteiger partial charge on any atom is -0.376 e. The van der Waals surface area contributed by atoms with Gasteiger partial charge in [0, 0.05) is 34.4 Å². The summed E-state index contributed by atoms with van der Waals surface area (Å²) in [5.74, 6) is 0.655. The summed E-state index contributed by atoms with van der Waals surface area (Å²) in [5.41, 5.74) is 1.45. The molecule has 114 valence electrons. The Morgan fingerprint density at radius 2 is 1.67 bits per heavy atom. The van der Waals surface area contributed by atoms with Gasteiger partial charge in [-0.3, -0.25) is 4.31 Å². The molecule has 0 aliphatic heterocycles. The molecule has 0 bridgehead atoms. The van der Waals surface area contributed by atoms with Crippen LogP contribution in [0.4, 0.5) is 11.4 Å². The molecule has 1 aromatic carbocycles. The molecule has 0 aliphatic carbocycles. The summed E-state index contributed by atoms with van der Waals surface area (Å²) in [5, 5.41) is 0.0542. The second-order valence-electron chi connectivity index (χ2n) is 5.09. The molecule has 0 fully saturated rings. The number of nitrogens with zero attached hydrogens (tertiary/aromatic N) is 4. The Balaban J connectivity index is 2.51. The van der Waals surface area contributed by atoms with E-state index in [2.05, 4.69) is 4.98 Å². The first-order chi connectivity index (χ1) is 9.75. The SMILES string of the molecule is Cc1nc(S(=O)(=O)N(C)c2ccccc2N(C)C)cn1C. The van der Waals surface area contributed by atoms with Crippen LogP contribution in [-0.4, -0.2) is 39.1 Å². The first kappa shape index (κ1) is 15.4. The largest absolute Gasteiger partial charge is 0.376 e. The minimum absolute atomic E-state index is 0.0542. The van der Waals surface area contributed by atoms with Crippen LogP contribution < -0.4 is 9.21 Å². The van der Waals surface area contributed by atoms with E-state index >= 15 is 0 Å². The standard InChI is InChI=1S/C14H20N4O2S/c1-11-15-14(10-17(11)4)21(19,20)18(5)13-9-7-6-8-12(13)16(2)3/h6-10H,1-5H3. The fourth-order valence-electron chi connectivity index (χ4n) is 2.03. The van der Waals surface area contributed by atoms with Crippen LogP contribution in [0.5, 0.6) is 0 Å². The van der Waals surface area contributed by atoms with Gasteiger partial charge in [-0.25, -0.2) is 4.98 Å². The Labute approximate surface area is 125 Å². The molecule has 2 rings (SSSR count). The summed E-state index contributed by atoms with van der Waals surface area (Å²) < 4.78 is 28.4. The molecule has 0 spiro atoms. The summed E-state index contributed by atoms with van der Waals surface area (Å²) in [6, 6.07) is 7.36. The number of aromatic nitrogens is 2. The van der Waals surface area contributed by atoms with Crippen LogP contribution in [0.2, 0.25) is 0 Å². The van der Waals surface area contributed by atoms with E-state index in [1.807, 2.05) is 37.2 Å². The third kappa shape index (κ3) is 2.73. The molecule has 0 atom stereocenters. The third-order valence-electron chi connectivity index (χ3n) is 3.41. The summed E-state index contributed by atoms with van der Waals surface area (Å²) in [7, 11) is 3.40. The molecule has 0 amide bonds. The number of hydrogen-bond donors (Lipinski definition) is 0. The van der Waals surface area contributed by atoms with Gasteiger partial charge in [0.2, 0.25) is 0 Å². The van der Waals surface area contributed by atoms with Crippen molar-refractivity contribution in [1.29, 1.82) is 0 Å². The van der Waals surface area contributed by atoms with Crippen LogP contribution in [0, 0.1) is 6.92 Å². The average Bonchev–Trinajstić information content (AvgIpc) is 2.78. The highest BCUT2D eigenvalue weighted by Gasteiger charge is 2.26. The Bertz CT molecular complexity index is 731. The smallest absolute Gasteiger partial charge is 0.283 e. The lowest BCUT2D eigenvalue weighted by molar-refractivity contribution is 0.591. The minimum atomic E-state index is -3.67. The maximum Gasteiger partial charge on any atom is 0.283 e. The van der Waals surface area contributed by atoms with Gasteiger partial charge in [-0.1, -0.05) is 12.1 Å².